The predicted molar refractivity (Wildman–Crippen MR) is 148 cm³/mol. The Kier molecular flexibility index (Phi) is 8.28. The second-order valence-corrected chi connectivity index (χ2v) is 13.1. The van der Waals surface area contributed by atoms with Crippen molar-refractivity contribution < 1.29 is 27.4 Å². The van der Waals surface area contributed by atoms with Gasteiger partial charge in [-0.2, -0.15) is 0 Å². The minimum atomic E-state index is -3.85. The van der Waals surface area contributed by atoms with Crippen LogP contribution in [0.1, 0.15) is 61.8 Å². The maximum atomic E-state index is 14.4. The van der Waals surface area contributed by atoms with Gasteiger partial charge < -0.3 is 14.6 Å². The minimum Gasteiger partial charge on any atom is -0.457 e. The van der Waals surface area contributed by atoms with Crippen molar-refractivity contribution in [1.82, 2.24) is 9.62 Å². The van der Waals surface area contributed by atoms with E-state index in [-0.39, 0.29) is 31.0 Å². The summed E-state index contributed by atoms with van der Waals surface area (Å²) in [6.45, 7) is 7.08. The van der Waals surface area contributed by atoms with Crippen LogP contribution < -0.4 is 4.72 Å². The Morgan fingerprint density at radius 3 is 2.41 bits per heavy atom. The molecule has 8 nitrogen and oxygen atoms in total. The van der Waals surface area contributed by atoms with Crippen molar-refractivity contribution in [3.63, 3.8) is 0 Å². The number of aliphatic imine (C=N–C) groups is 1. The number of hydrogen-bond donors (Lipinski definition) is 2. The highest BCUT2D eigenvalue weighted by Crippen LogP contribution is 2.33. The van der Waals surface area contributed by atoms with E-state index in [9.17, 15) is 17.9 Å². The second-order valence-electron chi connectivity index (χ2n) is 11.3. The van der Waals surface area contributed by atoms with Crippen molar-refractivity contribution in [2.45, 2.75) is 68.4 Å². The number of halogens is 1. The standard InChI is InChI=1S/C29H38FN3O5S/c1-29(2)27(17-20-7-9-21(10-8-20)22-11-14-33(15-12-22)23-18-37-19-23)39(35,36)32-28(38-29)31-26(13-16-34)24-5-3-4-6-25(24)30/h3-10,22-23,26-27,34H,11-19H2,1-2H3,(H,31,32). The number of likely N-dealkylation sites (tertiary alicyclic amines) is 1. The topological polar surface area (TPSA) is 100 Å². The molecule has 0 amide bonds. The third-order valence-corrected chi connectivity index (χ3v) is 10.2. The number of sulfonamides is 1. The largest absolute Gasteiger partial charge is 0.457 e. The number of piperidine rings is 1. The van der Waals surface area contributed by atoms with Crippen molar-refractivity contribution in [2.75, 3.05) is 32.9 Å². The lowest BCUT2D eigenvalue weighted by molar-refractivity contribution is -0.0712. The van der Waals surface area contributed by atoms with Gasteiger partial charge in [0.15, 0.2) is 0 Å². The van der Waals surface area contributed by atoms with Gasteiger partial charge >= 0.3 is 0 Å². The van der Waals surface area contributed by atoms with Crippen molar-refractivity contribution in [3.05, 3.63) is 71.0 Å². The third kappa shape index (κ3) is 6.29. The summed E-state index contributed by atoms with van der Waals surface area (Å²) in [4.78, 5) is 6.90. The van der Waals surface area contributed by atoms with Gasteiger partial charge in [0, 0.05) is 12.2 Å². The van der Waals surface area contributed by atoms with Crippen LogP contribution in [0.15, 0.2) is 53.5 Å². The van der Waals surface area contributed by atoms with E-state index < -0.39 is 32.7 Å². The summed E-state index contributed by atoms with van der Waals surface area (Å²) >= 11 is 0. The maximum absolute atomic E-state index is 14.4. The lowest BCUT2D eigenvalue weighted by atomic mass is 9.87. The van der Waals surface area contributed by atoms with Gasteiger partial charge in [-0.1, -0.05) is 42.5 Å². The van der Waals surface area contributed by atoms with Crippen LogP contribution in [-0.2, 0) is 25.9 Å². The van der Waals surface area contributed by atoms with Crippen molar-refractivity contribution in [3.8, 4) is 0 Å². The number of nitrogens with zero attached hydrogens (tertiary/aromatic N) is 2. The highest BCUT2D eigenvalue weighted by atomic mass is 32.2. The zero-order valence-corrected chi connectivity index (χ0v) is 23.4. The molecule has 2 aromatic rings. The zero-order valence-electron chi connectivity index (χ0n) is 22.6. The number of aliphatic hydroxyl groups excluding tert-OH is 1. The highest BCUT2D eigenvalue weighted by Gasteiger charge is 2.47. The Labute approximate surface area is 230 Å². The molecule has 3 heterocycles. The average molecular weight is 560 g/mol. The van der Waals surface area contributed by atoms with Crippen LogP contribution in [0.2, 0.25) is 0 Å². The van der Waals surface area contributed by atoms with Crippen molar-refractivity contribution in [1.29, 1.82) is 0 Å². The van der Waals surface area contributed by atoms with Crippen molar-refractivity contribution in [2.24, 2.45) is 4.99 Å². The van der Waals surface area contributed by atoms with Crippen LogP contribution in [0, 0.1) is 5.82 Å². The summed E-state index contributed by atoms with van der Waals surface area (Å²) in [5.41, 5.74) is 1.39. The first-order chi connectivity index (χ1) is 18.7. The first-order valence-corrected chi connectivity index (χ1v) is 15.3. The summed E-state index contributed by atoms with van der Waals surface area (Å²) in [5.74, 6) is 0.0364. The number of amidine groups is 1. The first-order valence-electron chi connectivity index (χ1n) is 13.7. The Morgan fingerprint density at radius 1 is 1.13 bits per heavy atom. The number of nitrogens with one attached hydrogen (secondary N) is 1. The molecule has 2 unspecified atom stereocenters. The van der Waals surface area contributed by atoms with Crippen LogP contribution in [-0.4, -0.2) is 74.2 Å². The van der Waals surface area contributed by atoms with E-state index in [2.05, 4.69) is 26.7 Å². The summed E-state index contributed by atoms with van der Waals surface area (Å²) in [5, 5.41) is 8.65. The number of benzene rings is 2. The molecular formula is C29H38FN3O5S. The summed E-state index contributed by atoms with van der Waals surface area (Å²) in [6.07, 6.45) is 2.64. The lowest BCUT2D eigenvalue weighted by Crippen LogP contribution is -2.59. The average Bonchev–Trinajstić information content (AvgIpc) is 2.86. The van der Waals surface area contributed by atoms with Crippen molar-refractivity contribution >= 4 is 16.0 Å². The molecule has 3 saturated heterocycles. The maximum Gasteiger partial charge on any atom is 0.299 e. The highest BCUT2D eigenvalue weighted by molar-refractivity contribution is 7.90. The number of ether oxygens (including phenoxy) is 2. The molecule has 2 aromatic carbocycles. The van der Waals surface area contributed by atoms with Gasteiger partial charge in [-0.3, -0.25) is 4.90 Å². The van der Waals surface area contributed by atoms with E-state index in [0.717, 1.165) is 44.7 Å². The van der Waals surface area contributed by atoms with E-state index in [0.29, 0.717) is 12.0 Å². The van der Waals surface area contributed by atoms with E-state index in [1.54, 1.807) is 32.0 Å². The molecule has 3 aliphatic heterocycles. The molecule has 3 fully saturated rings. The smallest absolute Gasteiger partial charge is 0.299 e. The van der Waals surface area contributed by atoms with Gasteiger partial charge in [0.25, 0.3) is 6.02 Å². The fraction of sp³-hybridized carbons (Fsp3) is 0.552. The lowest BCUT2D eigenvalue weighted by Gasteiger charge is -2.41. The Bertz CT molecular complexity index is 1270. The Balaban J connectivity index is 1.26. The van der Waals surface area contributed by atoms with Gasteiger partial charge in [0.05, 0.1) is 25.3 Å². The van der Waals surface area contributed by atoms with E-state index in [4.69, 9.17) is 9.47 Å². The van der Waals surface area contributed by atoms with Gasteiger partial charge in [0.2, 0.25) is 10.0 Å². The van der Waals surface area contributed by atoms with E-state index in [1.807, 2.05) is 12.1 Å². The van der Waals surface area contributed by atoms with Gasteiger partial charge in [-0.05, 0) is 75.7 Å². The molecule has 0 spiro atoms. The monoisotopic (exact) mass is 559 g/mol. The van der Waals surface area contributed by atoms with Gasteiger partial charge in [0.1, 0.15) is 16.7 Å². The molecule has 0 bridgehead atoms. The Hall–Kier alpha value is -2.53. The molecule has 0 aliphatic carbocycles. The van der Waals surface area contributed by atoms with E-state index in [1.165, 1.54) is 11.6 Å². The molecule has 2 atom stereocenters. The predicted octanol–water partition coefficient (Wildman–Crippen LogP) is 3.52. The van der Waals surface area contributed by atoms with Crippen LogP contribution in [0.5, 0.6) is 0 Å². The zero-order chi connectivity index (χ0) is 27.6. The molecule has 39 heavy (non-hydrogen) atoms. The molecular weight excluding hydrogens is 521 g/mol. The number of hydrogen-bond acceptors (Lipinski definition) is 7. The fourth-order valence-electron chi connectivity index (χ4n) is 5.78. The molecule has 3 aliphatic rings. The molecule has 0 radical (unpaired) electrons. The van der Waals surface area contributed by atoms with Gasteiger partial charge in [-0.15, -0.1) is 0 Å². The van der Waals surface area contributed by atoms with Crippen LogP contribution >= 0.6 is 0 Å². The number of rotatable bonds is 8. The molecule has 0 saturated carbocycles. The van der Waals surface area contributed by atoms with Crippen LogP contribution in [0.4, 0.5) is 4.39 Å². The van der Waals surface area contributed by atoms with Crippen LogP contribution in [0.3, 0.4) is 0 Å². The van der Waals surface area contributed by atoms with Crippen LogP contribution in [0.25, 0.3) is 0 Å². The fourth-order valence-corrected chi connectivity index (χ4v) is 7.47. The quantitative estimate of drug-likeness (QED) is 0.514. The molecule has 2 N–H and O–H groups in total. The Morgan fingerprint density at radius 2 is 1.82 bits per heavy atom. The molecule has 10 heteroatoms. The SMILES string of the molecule is CC1(C)OC(=NC(CCO)c2ccccc2F)NS(=O)(=O)C1Cc1ccc(C2CCN(C3COC3)CC2)cc1. The third-order valence-electron chi connectivity index (χ3n) is 8.22. The molecule has 5 rings (SSSR count). The minimum absolute atomic E-state index is 0.125. The first kappa shape index (κ1) is 28.0. The molecule has 212 valence electrons. The summed E-state index contributed by atoms with van der Waals surface area (Å²) in [7, 11) is -3.85. The summed E-state index contributed by atoms with van der Waals surface area (Å²) < 4.78 is 55.0. The second kappa shape index (κ2) is 11.5. The van der Waals surface area contributed by atoms with Gasteiger partial charge in [-0.25, -0.2) is 22.5 Å². The van der Waals surface area contributed by atoms with E-state index >= 15 is 0 Å². The summed E-state index contributed by atoms with van der Waals surface area (Å²) in [6, 6.07) is 14.0. The molecule has 0 aromatic heterocycles. The normalized spacial score (nSPS) is 25.4. The number of aliphatic hydroxyl groups is 1.